The normalized spacial score (nSPS) is 23.5. The first kappa shape index (κ1) is 14.5. The van der Waals surface area contributed by atoms with Gasteiger partial charge in [0.2, 0.25) is 5.91 Å². The number of hydrogen-bond acceptors (Lipinski definition) is 2. The second-order valence-electron chi connectivity index (χ2n) is 6.19. The summed E-state index contributed by atoms with van der Waals surface area (Å²) < 4.78 is 13.6. The number of likely N-dealkylation sites (tertiary alicyclic amines) is 1. The average Bonchev–Trinajstić information content (AvgIpc) is 3.04. The zero-order valence-electron chi connectivity index (χ0n) is 12.4. The van der Waals surface area contributed by atoms with Crippen LogP contribution in [0.5, 0.6) is 0 Å². The molecule has 3 nitrogen and oxygen atoms in total. The molecule has 2 fully saturated rings. The number of piperidine rings is 1. The third kappa shape index (κ3) is 3.43. The van der Waals surface area contributed by atoms with E-state index in [0.717, 1.165) is 32.5 Å². The van der Waals surface area contributed by atoms with Gasteiger partial charge in [0.25, 0.3) is 0 Å². The first-order chi connectivity index (χ1) is 10.2. The second kappa shape index (κ2) is 6.56. The molecule has 1 atom stereocenters. The Kier molecular flexibility index (Phi) is 4.54. The summed E-state index contributed by atoms with van der Waals surface area (Å²) in [5.41, 5.74) is 0.502. The van der Waals surface area contributed by atoms with Gasteiger partial charge >= 0.3 is 0 Å². The lowest BCUT2D eigenvalue weighted by Crippen LogP contribution is -2.43. The van der Waals surface area contributed by atoms with E-state index in [1.54, 1.807) is 18.2 Å². The van der Waals surface area contributed by atoms with Gasteiger partial charge in [0.1, 0.15) is 5.82 Å². The van der Waals surface area contributed by atoms with Crippen LogP contribution >= 0.6 is 0 Å². The summed E-state index contributed by atoms with van der Waals surface area (Å²) in [6, 6.07) is 7.20. The van der Waals surface area contributed by atoms with E-state index in [4.69, 9.17) is 0 Å². The van der Waals surface area contributed by atoms with Crippen LogP contribution in [0.15, 0.2) is 24.3 Å². The lowest BCUT2D eigenvalue weighted by molar-refractivity contribution is -0.132. The van der Waals surface area contributed by atoms with Crippen molar-refractivity contribution < 1.29 is 9.18 Å². The van der Waals surface area contributed by atoms with Crippen molar-refractivity contribution in [1.29, 1.82) is 0 Å². The van der Waals surface area contributed by atoms with Gasteiger partial charge in [-0.05, 0) is 49.8 Å². The van der Waals surface area contributed by atoms with Crippen LogP contribution in [0.1, 0.15) is 31.2 Å². The number of carbonyl (C=O) groups excluding carboxylic acids is 1. The Morgan fingerprint density at radius 3 is 2.67 bits per heavy atom. The van der Waals surface area contributed by atoms with Gasteiger partial charge in [0.05, 0.1) is 6.42 Å². The van der Waals surface area contributed by atoms with Crippen molar-refractivity contribution in [3.8, 4) is 0 Å². The fraction of sp³-hybridized carbons (Fsp3) is 0.588. The smallest absolute Gasteiger partial charge is 0.227 e. The van der Waals surface area contributed by atoms with Crippen LogP contribution in [-0.2, 0) is 11.2 Å². The number of amides is 1. The predicted octanol–water partition coefficient (Wildman–Crippen LogP) is 2.36. The average molecular weight is 290 g/mol. The molecule has 4 heteroatoms. The highest BCUT2D eigenvalue weighted by Crippen LogP contribution is 2.26. The van der Waals surface area contributed by atoms with Crippen molar-refractivity contribution in [2.24, 2.45) is 5.92 Å². The molecule has 2 heterocycles. The van der Waals surface area contributed by atoms with Crippen LogP contribution in [-0.4, -0.2) is 36.5 Å². The minimum Gasteiger partial charge on any atom is -0.342 e. The van der Waals surface area contributed by atoms with E-state index in [1.165, 1.54) is 18.9 Å². The number of rotatable bonds is 3. The molecular formula is C17H23FN2O. The molecule has 2 saturated heterocycles. The number of hydrogen-bond donors (Lipinski definition) is 1. The summed E-state index contributed by atoms with van der Waals surface area (Å²) in [6.07, 6.45) is 4.87. The minimum absolute atomic E-state index is 0.0536. The Bertz CT molecular complexity index is 491. The molecule has 0 aromatic heterocycles. The van der Waals surface area contributed by atoms with Crippen molar-refractivity contribution in [3.05, 3.63) is 35.6 Å². The van der Waals surface area contributed by atoms with Crippen molar-refractivity contribution in [1.82, 2.24) is 10.2 Å². The van der Waals surface area contributed by atoms with E-state index in [-0.39, 0.29) is 18.1 Å². The van der Waals surface area contributed by atoms with E-state index in [0.29, 0.717) is 17.5 Å². The Balaban J connectivity index is 1.52. The van der Waals surface area contributed by atoms with E-state index >= 15 is 0 Å². The topological polar surface area (TPSA) is 32.3 Å². The molecule has 0 aliphatic carbocycles. The van der Waals surface area contributed by atoms with Crippen LogP contribution in [0.2, 0.25) is 0 Å². The van der Waals surface area contributed by atoms with Gasteiger partial charge in [0, 0.05) is 19.1 Å². The Morgan fingerprint density at radius 1 is 1.24 bits per heavy atom. The van der Waals surface area contributed by atoms with Crippen molar-refractivity contribution in [2.75, 3.05) is 19.6 Å². The van der Waals surface area contributed by atoms with E-state index in [1.807, 2.05) is 4.90 Å². The zero-order valence-corrected chi connectivity index (χ0v) is 12.4. The monoisotopic (exact) mass is 290 g/mol. The molecule has 0 saturated carbocycles. The minimum atomic E-state index is -0.282. The van der Waals surface area contributed by atoms with Gasteiger partial charge in [-0.1, -0.05) is 18.2 Å². The molecule has 1 unspecified atom stereocenters. The van der Waals surface area contributed by atoms with Gasteiger partial charge in [-0.25, -0.2) is 4.39 Å². The molecule has 0 bridgehead atoms. The standard InChI is InChI=1S/C17H23FN2O/c18-15-5-2-1-4-14(15)12-17(21)20-10-7-13(8-11-20)16-6-3-9-19-16/h1-2,4-5,13,16,19H,3,6-12H2. The molecule has 0 spiro atoms. The van der Waals surface area contributed by atoms with E-state index < -0.39 is 0 Å². The van der Waals surface area contributed by atoms with Crippen LogP contribution in [0.25, 0.3) is 0 Å². The molecule has 1 aromatic rings. The predicted molar refractivity (Wildman–Crippen MR) is 80.4 cm³/mol. The van der Waals surface area contributed by atoms with Gasteiger partial charge < -0.3 is 10.2 Å². The molecule has 3 rings (SSSR count). The molecule has 0 radical (unpaired) electrons. The molecular weight excluding hydrogens is 267 g/mol. The quantitative estimate of drug-likeness (QED) is 0.927. The molecule has 114 valence electrons. The van der Waals surface area contributed by atoms with Gasteiger partial charge in [0.15, 0.2) is 0 Å². The SMILES string of the molecule is O=C(Cc1ccccc1F)N1CCC(C2CCCN2)CC1. The maximum Gasteiger partial charge on any atom is 0.227 e. The largest absolute Gasteiger partial charge is 0.342 e. The van der Waals surface area contributed by atoms with Crippen LogP contribution in [0.4, 0.5) is 4.39 Å². The molecule has 1 aromatic carbocycles. The summed E-state index contributed by atoms with van der Waals surface area (Å²) in [4.78, 5) is 14.2. The fourth-order valence-corrected chi connectivity index (χ4v) is 3.58. The number of nitrogens with zero attached hydrogens (tertiary/aromatic N) is 1. The third-order valence-corrected chi connectivity index (χ3v) is 4.86. The summed E-state index contributed by atoms with van der Waals surface area (Å²) in [5, 5.41) is 3.56. The zero-order chi connectivity index (χ0) is 14.7. The number of nitrogens with one attached hydrogen (secondary N) is 1. The maximum atomic E-state index is 13.6. The lowest BCUT2D eigenvalue weighted by Gasteiger charge is -2.35. The number of benzene rings is 1. The molecule has 1 N–H and O–H groups in total. The molecule has 2 aliphatic heterocycles. The van der Waals surface area contributed by atoms with Crippen LogP contribution < -0.4 is 5.32 Å². The lowest BCUT2D eigenvalue weighted by atomic mass is 9.88. The highest BCUT2D eigenvalue weighted by molar-refractivity contribution is 5.78. The first-order valence-corrected chi connectivity index (χ1v) is 7.98. The number of halogens is 1. The van der Waals surface area contributed by atoms with Crippen LogP contribution in [0.3, 0.4) is 0 Å². The Morgan fingerprint density at radius 2 is 2.00 bits per heavy atom. The third-order valence-electron chi connectivity index (χ3n) is 4.86. The number of carbonyl (C=O) groups is 1. The molecule has 21 heavy (non-hydrogen) atoms. The van der Waals surface area contributed by atoms with Gasteiger partial charge in [-0.2, -0.15) is 0 Å². The highest BCUT2D eigenvalue weighted by atomic mass is 19.1. The molecule has 1 amide bonds. The van der Waals surface area contributed by atoms with Gasteiger partial charge in [-0.15, -0.1) is 0 Å². The molecule has 2 aliphatic rings. The van der Waals surface area contributed by atoms with E-state index in [9.17, 15) is 9.18 Å². The summed E-state index contributed by atoms with van der Waals surface area (Å²) in [6.45, 7) is 2.77. The van der Waals surface area contributed by atoms with E-state index in [2.05, 4.69) is 5.32 Å². The maximum absolute atomic E-state index is 13.6. The summed E-state index contributed by atoms with van der Waals surface area (Å²) >= 11 is 0. The van der Waals surface area contributed by atoms with Crippen molar-refractivity contribution in [2.45, 2.75) is 38.1 Å². The fourth-order valence-electron chi connectivity index (χ4n) is 3.58. The van der Waals surface area contributed by atoms with Crippen LogP contribution in [0, 0.1) is 11.7 Å². The van der Waals surface area contributed by atoms with Crippen molar-refractivity contribution >= 4 is 5.91 Å². The Hall–Kier alpha value is -1.42. The Labute approximate surface area is 125 Å². The summed E-state index contributed by atoms with van der Waals surface area (Å²) in [5.74, 6) is 0.471. The highest BCUT2D eigenvalue weighted by Gasteiger charge is 2.29. The first-order valence-electron chi connectivity index (χ1n) is 7.98. The summed E-state index contributed by atoms with van der Waals surface area (Å²) in [7, 11) is 0. The van der Waals surface area contributed by atoms with Crippen molar-refractivity contribution in [3.63, 3.8) is 0 Å². The second-order valence-corrected chi connectivity index (χ2v) is 6.19. The van der Waals surface area contributed by atoms with Gasteiger partial charge in [-0.3, -0.25) is 4.79 Å².